The Balaban J connectivity index is 2.00. The Morgan fingerprint density at radius 2 is 2.21 bits per heavy atom. The van der Waals surface area contributed by atoms with E-state index in [2.05, 4.69) is 28.8 Å². The minimum absolute atomic E-state index is 0.288. The molecule has 0 amide bonds. The molecule has 2 heterocycles. The highest BCUT2D eigenvalue weighted by Crippen LogP contribution is 2.19. The summed E-state index contributed by atoms with van der Waals surface area (Å²) in [6, 6.07) is 1.98. The maximum Gasteiger partial charge on any atom is 0.153 e. The van der Waals surface area contributed by atoms with Crippen LogP contribution in [0.4, 0.5) is 11.6 Å². The fourth-order valence-corrected chi connectivity index (χ4v) is 2.26. The lowest BCUT2D eigenvalue weighted by atomic mass is 10.2. The molecule has 2 rings (SSSR count). The van der Waals surface area contributed by atoms with Crippen molar-refractivity contribution in [1.29, 1.82) is 0 Å². The molecule has 0 saturated carbocycles. The number of anilines is 2. The lowest BCUT2D eigenvalue weighted by molar-refractivity contribution is -0.116. The number of Topliss-reactive ketones (excluding diaryl/α,β-unsaturated/α-hetero) is 1. The van der Waals surface area contributed by atoms with E-state index in [0.29, 0.717) is 13.0 Å². The van der Waals surface area contributed by atoms with E-state index in [-0.39, 0.29) is 5.78 Å². The molecule has 104 valence electrons. The van der Waals surface area contributed by atoms with Gasteiger partial charge in [-0.05, 0) is 6.42 Å². The molecular formula is C14H22N4O. The third-order valence-corrected chi connectivity index (χ3v) is 3.48. The van der Waals surface area contributed by atoms with Crippen LogP contribution in [0.1, 0.15) is 32.6 Å². The predicted molar refractivity (Wildman–Crippen MR) is 76.7 cm³/mol. The van der Waals surface area contributed by atoms with E-state index in [0.717, 1.165) is 24.7 Å². The van der Waals surface area contributed by atoms with Crippen molar-refractivity contribution in [2.45, 2.75) is 32.6 Å². The molecule has 5 nitrogen and oxygen atoms in total. The van der Waals surface area contributed by atoms with Gasteiger partial charge in [-0.1, -0.05) is 19.8 Å². The molecule has 1 aromatic heterocycles. The van der Waals surface area contributed by atoms with Gasteiger partial charge in [-0.15, -0.1) is 0 Å². The molecule has 0 aromatic carbocycles. The van der Waals surface area contributed by atoms with E-state index < -0.39 is 0 Å². The van der Waals surface area contributed by atoms with Crippen LogP contribution in [-0.2, 0) is 4.79 Å². The van der Waals surface area contributed by atoms with E-state index in [1.54, 1.807) is 6.33 Å². The van der Waals surface area contributed by atoms with Gasteiger partial charge in [-0.3, -0.25) is 4.79 Å². The molecule has 1 fully saturated rings. The van der Waals surface area contributed by atoms with E-state index in [4.69, 9.17) is 0 Å². The van der Waals surface area contributed by atoms with Gasteiger partial charge in [0.05, 0.1) is 6.54 Å². The van der Waals surface area contributed by atoms with Crippen molar-refractivity contribution >= 4 is 17.4 Å². The van der Waals surface area contributed by atoms with Crippen molar-refractivity contribution in [3.05, 3.63) is 12.4 Å². The van der Waals surface area contributed by atoms with Crippen LogP contribution in [0, 0.1) is 0 Å². The smallest absolute Gasteiger partial charge is 0.153 e. The molecule has 0 aliphatic carbocycles. The molecule has 0 N–H and O–H groups in total. The maximum atomic E-state index is 11.3. The van der Waals surface area contributed by atoms with Crippen molar-refractivity contribution in [2.24, 2.45) is 0 Å². The summed E-state index contributed by atoms with van der Waals surface area (Å²) in [6.45, 7) is 4.46. The molecule has 0 radical (unpaired) electrons. The zero-order valence-corrected chi connectivity index (χ0v) is 11.8. The number of ketones is 1. The van der Waals surface area contributed by atoms with Crippen LogP contribution in [0.3, 0.4) is 0 Å². The number of nitrogens with zero attached hydrogens (tertiary/aromatic N) is 4. The number of aromatic nitrogens is 2. The largest absolute Gasteiger partial charge is 0.360 e. The van der Waals surface area contributed by atoms with Crippen LogP contribution in [0.5, 0.6) is 0 Å². The molecule has 0 atom stereocenters. The van der Waals surface area contributed by atoms with Crippen LogP contribution in [0.2, 0.25) is 0 Å². The normalized spacial score (nSPS) is 15.1. The van der Waals surface area contributed by atoms with Crippen LogP contribution in [0.25, 0.3) is 0 Å². The van der Waals surface area contributed by atoms with Gasteiger partial charge < -0.3 is 9.80 Å². The van der Waals surface area contributed by atoms with Crippen molar-refractivity contribution in [3.63, 3.8) is 0 Å². The summed E-state index contributed by atoms with van der Waals surface area (Å²) in [5.41, 5.74) is 0. The zero-order valence-electron chi connectivity index (χ0n) is 11.8. The number of carbonyl (C=O) groups excluding carboxylic acids is 1. The number of rotatable bonds is 6. The van der Waals surface area contributed by atoms with Gasteiger partial charge >= 0.3 is 0 Å². The summed E-state index contributed by atoms with van der Waals surface area (Å²) in [6.07, 6.45) is 5.85. The number of unbranched alkanes of at least 4 members (excludes halogenated alkanes) is 2. The monoisotopic (exact) mass is 262 g/mol. The average molecular weight is 262 g/mol. The molecule has 1 aromatic rings. The Bertz CT molecular complexity index is 435. The highest BCUT2D eigenvalue weighted by molar-refractivity contribution is 5.86. The number of hydrogen-bond acceptors (Lipinski definition) is 5. The summed E-state index contributed by atoms with van der Waals surface area (Å²) in [5.74, 6) is 2.08. The quantitative estimate of drug-likeness (QED) is 0.733. The molecule has 1 saturated heterocycles. The van der Waals surface area contributed by atoms with Gasteiger partial charge in [0, 0.05) is 32.6 Å². The van der Waals surface area contributed by atoms with E-state index in [1.165, 1.54) is 19.3 Å². The van der Waals surface area contributed by atoms with E-state index in [9.17, 15) is 4.79 Å². The molecule has 0 spiro atoms. The van der Waals surface area contributed by atoms with Gasteiger partial charge in [0.25, 0.3) is 0 Å². The predicted octanol–water partition coefficient (Wildman–Crippen LogP) is 1.88. The summed E-state index contributed by atoms with van der Waals surface area (Å²) >= 11 is 0. The van der Waals surface area contributed by atoms with E-state index in [1.807, 2.05) is 11.0 Å². The second-order valence-electron chi connectivity index (χ2n) is 5.07. The maximum absolute atomic E-state index is 11.3. The lowest BCUT2D eigenvalue weighted by Crippen LogP contribution is -2.23. The molecule has 19 heavy (non-hydrogen) atoms. The minimum atomic E-state index is 0.288. The summed E-state index contributed by atoms with van der Waals surface area (Å²) in [4.78, 5) is 24.1. The molecule has 1 aliphatic heterocycles. The van der Waals surface area contributed by atoms with E-state index >= 15 is 0 Å². The number of carbonyl (C=O) groups is 1. The fourth-order valence-electron chi connectivity index (χ4n) is 2.26. The van der Waals surface area contributed by atoms with Crippen molar-refractivity contribution in [1.82, 2.24) is 9.97 Å². The van der Waals surface area contributed by atoms with Crippen LogP contribution in [0.15, 0.2) is 12.4 Å². The third kappa shape index (κ3) is 3.66. The van der Waals surface area contributed by atoms with Crippen LogP contribution >= 0.6 is 0 Å². The molecule has 0 unspecified atom stereocenters. The van der Waals surface area contributed by atoms with Gasteiger partial charge in [-0.2, -0.15) is 0 Å². The second kappa shape index (κ2) is 6.50. The standard InChI is InChI=1S/C14H22N4O/c1-3-4-5-7-17(2)13-9-14(16-11-15-13)18-8-6-12(19)10-18/h9,11H,3-8,10H2,1-2H3. The Hall–Kier alpha value is -1.65. The Labute approximate surface area is 114 Å². The van der Waals surface area contributed by atoms with Crippen molar-refractivity contribution in [2.75, 3.05) is 36.5 Å². The topological polar surface area (TPSA) is 49.3 Å². The first kappa shape index (κ1) is 13.8. The van der Waals surface area contributed by atoms with Gasteiger partial charge in [0.1, 0.15) is 18.0 Å². The first-order valence-electron chi connectivity index (χ1n) is 7.00. The van der Waals surface area contributed by atoms with Crippen molar-refractivity contribution < 1.29 is 4.79 Å². The van der Waals surface area contributed by atoms with Gasteiger partial charge in [-0.25, -0.2) is 9.97 Å². The summed E-state index contributed by atoms with van der Waals surface area (Å²) in [5, 5.41) is 0. The van der Waals surface area contributed by atoms with Crippen LogP contribution in [-0.4, -0.2) is 42.4 Å². The SMILES string of the molecule is CCCCCN(C)c1cc(N2CCC(=O)C2)ncn1. The molecule has 5 heteroatoms. The number of hydrogen-bond donors (Lipinski definition) is 0. The Kier molecular flexibility index (Phi) is 4.71. The minimum Gasteiger partial charge on any atom is -0.360 e. The van der Waals surface area contributed by atoms with Crippen LogP contribution < -0.4 is 9.80 Å². The first-order chi connectivity index (χ1) is 9.20. The molecule has 0 bridgehead atoms. The average Bonchev–Trinajstić information content (AvgIpc) is 2.86. The van der Waals surface area contributed by atoms with Gasteiger partial charge in [0.15, 0.2) is 5.78 Å². The molecular weight excluding hydrogens is 240 g/mol. The van der Waals surface area contributed by atoms with Gasteiger partial charge in [0.2, 0.25) is 0 Å². The van der Waals surface area contributed by atoms with Crippen molar-refractivity contribution in [3.8, 4) is 0 Å². The first-order valence-corrected chi connectivity index (χ1v) is 7.00. The highest BCUT2D eigenvalue weighted by atomic mass is 16.1. The lowest BCUT2D eigenvalue weighted by Gasteiger charge is -2.20. The third-order valence-electron chi connectivity index (χ3n) is 3.48. The Morgan fingerprint density at radius 3 is 2.89 bits per heavy atom. The second-order valence-corrected chi connectivity index (χ2v) is 5.07. The summed E-state index contributed by atoms with van der Waals surface area (Å²) < 4.78 is 0. The summed E-state index contributed by atoms with van der Waals surface area (Å²) in [7, 11) is 2.05. The highest BCUT2D eigenvalue weighted by Gasteiger charge is 2.21. The zero-order chi connectivity index (χ0) is 13.7. The fraction of sp³-hybridized carbons (Fsp3) is 0.643. The molecule has 1 aliphatic rings. The Morgan fingerprint density at radius 1 is 1.37 bits per heavy atom.